The van der Waals surface area contributed by atoms with Crippen LogP contribution < -0.4 is 61.2 Å². The molecular formula is C13H26KNO4S. The third-order valence-corrected chi connectivity index (χ3v) is 4.36. The maximum Gasteiger partial charge on any atom is 1.00 e. The molecule has 114 valence electrons. The van der Waals surface area contributed by atoms with E-state index < -0.39 is 22.5 Å². The summed E-state index contributed by atoms with van der Waals surface area (Å²) >= 11 is 0. The normalized spacial score (nSPS) is 11.1. The molecule has 1 N–H and O–H groups in total. The topological polar surface area (TPSA) is 86.3 Å². The average Bonchev–Trinajstić information content (AvgIpc) is 2.34. The van der Waals surface area contributed by atoms with Gasteiger partial charge in [0.05, 0.1) is 18.3 Å². The second kappa shape index (κ2) is 14.9. The van der Waals surface area contributed by atoms with Gasteiger partial charge < -0.3 is 9.90 Å². The number of carbonyl (C=O) groups is 1. The van der Waals surface area contributed by atoms with Crippen LogP contribution in [0.4, 0.5) is 0 Å². The molecule has 0 aliphatic carbocycles. The molecule has 0 spiro atoms. The average molecular weight is 332 g/mol. The van der Waals surface area contributed by atoms with Crippen molar-refractivity contribution in [2.24, 2.45) is 0 Å². The van der Waals surface area contributed by atoms with Crippen molar-refractivity contribution < 1.29 is 69.7 Å². The molecule has 0 fully saturated rings. The number of aliphatic carboxylic acids is 1. The second-order valence-corrected chi connectivity index (χ2v) is 6.77. The molecule has 0 aromatic carbocycles. The molecule has 0 rings (SSSR count). The molecule has 0 unspecified atom stereocenters. The van der Waals surface area contributed by atoms with Gasteiger partial charge in [0.25, 0.3) is 0 Å². The van der Waals surface area contributed by atoms with Crippen molar-refractivity contribution in [1.82, 2.24) is 4.72 Å². The van der Waals surface area contributed by atoms with E-state index in [4.69, 9.17) is 0 Å². The molecule has 0 aromatic heterocycles. The first-order chi connectivity index (χ1) is 8.98. The standard InChI is InChI=1S/C13H27NO4S.K/c1-2-3-4-5-6-7-8-9-10-11-19(17,18)14-12-13(15)16;/h14H,2-12H2,1H3,(H,15,16);/q;+1/p-1. The molecule has 0 bridgehead atoms. The largest absolute Gasteiger partial charge is 1.00 e. The predicted octanol–water partition coefficient (Wildman–Crippen LogP) is -1.81. The molecule has 0 aliphatic rings. The maximum atomic E-state index is 11.3. The van der Waals surface area contributed by atoms with Crippen LogP contribution >= 0.6 is 0 Å². The molecule has 0 radical (unpaired) electrons. The number of rotatable bonds is 13. The number of carboxylic acid groups (broad SMARTS) is 1. The fraction of sp³-hybridized carbons (Fsp3) is 0.923. The summed E-state index contributed by atoms with van der Waals surface area (Å²) in [7, 11) is -3.45. The van der Waals surface area contributed by atoms with Crippen molar-refractivity contribution in [1.29, 1.82) is 0 Å². The summed E-state index contributed by atoms with van der Waals surface area (Å²) in [6.07, 6.45) is 9.96. The Morgan fingerprint density at radius 2 is 1.40 bits per heavy atom. The molecule has 0 aromatic rings. The molecule has 0 atom stereocenters. The van der Waals surface area contributed by atoms with Gasteiger partial charge in [-0.05, 0) is 6.42 Å². The van der Waals surface area contributed by atoms with E-state index in [2.05, 4.69) is 6.92 Å². The third kappa shape index (κ3) is 17.1. The van der Waals surface area contributed by atoms with Crippen LogP contribution in [-0.2, 0) is 14.8 Å². The molecule has 20 heavy (non-hydrogen) atoms. The SMILES string of the molecule is CCCCCCCCCCCS(=O)(=O)NCC(=O)[O-].[K+]. The second-order valence-electron chi connectivity index (χ2n) is 4.84. The van der Waals surface area contributed by atoms with Gasteiger partial charge in [0, 0.05) is 0 Å². The van der Waals surface area contributed by atoms with Crippen LogP contribution in [-0.4, -0.2) is 26.7 Å². The molecule has 0 aliphatic heterocycles. The summed E-state index contributed by atoms with van der Waals surface area (Å²) in [5.41, 5.74) is 0. The number of sulfonamides is 1. The molecular weight excluding hydrogens is 305 g/mol. The Morgan fingerprint density at radius 3 is 1.85 bits per heavy atom. The van der Waals surface area contributed by atoms with E-state index in [-0.39, 0.29) is 57.1 Å². The Morgan fingerprint density at radius 1 is 0.950 bits per heavy atom. The monoisotopic (exact) mass is 331 g/mol. The van der Waals surface area contributed by atoms with Crippen LogP contribution in [0, 0.1) is 0 Å². The Kier molecular flexibility index (Phi) is 17.4. The summed E-state index contributed by atoms with van der Waals surface area (Å²) in [6.45, 7) is 1.55. The molecule has 5 nitrogen and oxygen atoms in total. The molecule has 0 heterocycles. The van der Waals surface area contributed by atoms with Gasteiger partial charge in [-0.2, -0.15) is 0 Å². The summed E-state index contributed by atoms with van der Waals surface area (Å²) in [6, 6.07) is 0. The summed E-state index contributed by atoms with van der Waals surface area (Å²) in [5, 5.41) is 10.1. The zero-order valence-corrected chi connectivity index (χ0v) is 16.8. The van der Waals surface area contributed by atoms with E-state index in [1.165, 1.54) is 32.1 Å². The van der Waals surface area contributed by atoms with Crippen molar-refractivity contribution in [2.75, 3.05) is 12.3 Å². The number of carbonyl (C=O) groups excluding carboxylic acids is 1. The summed E-state index contributed by atoms with van der Waals surface area (Å²) in [5.74, 6) is -1.41. The van der Waals surface area contributed by atoms with E-state index in [0.29, 0.717) is 6.42 Å². The maximum absolute atomic E-state index is 11.3. The fourth-order valence-electron chi connectivity index (χ4n) is 1.84. The van der Waals surface area contributed by atoms with Gasteiger partial charge in [0.2, 0.25) is 10.0 Å². The van der Waals surface area contributed by atoms with Crippen LogP contribution in [0.1, 0.15) is 64.7 Å². The quantitative estimate of drug-likeness (QED) is 0.318. The van der Waals surface area contributed by atoms with Crippen LogP contribution in [0.3, 0.4) is 0 Å². The minimum atomic E-state index is -3.45. The fourth-order valence-corrected chi connectivity index (χ4v) is 2.91. The number of hydrogen-bond acceptors (Lipinski definition) is 4. The predicted molar refractivity (Wildman–Crippen MR) is 74.0 cm³/mol. The van der Waals surface area contributed by atoms with Crippen LogP contribution in [0.15, 0.2) is 0 Å². The Labute approximate surface area is 165 Å². The Hall–Kier alpha value is 1.02. The molecule has 0 amide bonds. The number of unbranched alkanes of at least 4 members (excludes halogenated alkanes) is 8. The molecule has 7 heteroatoms. The van der Waals surface area contributed by atoms with E-state index >= 15 is 0 Å². The van der Waals surface area contributed by atoms with Crippen molar-refractivity contribution in [3.63, 3.8) is 0 Å². The van der Waals surface area contributed by atoms with Crippen molar-refractivity contribution >= 4 is 16.0 Å². The van der Waals surface area contributed by atoms with E-state index in [1.54, 1.807) is 0 Å². The molecule has 0 saturated heterocycles. The minimum Gasteiger partial charge on any atom is -0.549 e. The van der Waals surface area contributed by atoms with E-state index in [0.717, 1.165) is 19.3 Å². The third-order valence-electron chi connectivity index (χ3n) is 2.95. The number of hydrogen-bond donors (Lipinski definition) is 1. The summed E-state index contributed by atoms with van der Waals surface area (Å²) in [4.78, 5) is 10.1. The Bertz CT molecular complexity index is 333. The van der Waals surface area contributed by atoms with Crippen molar-refractivity contribution in [3.8, 4) is 0 Å². The van der Waals surface area contributed by atoms with Gasteiger partial charge in [-0.25, -0.2) is 13.1 Å². The van der Waals surface area contributed by atoms with Crippen molar-refractivity contribution in [3.05, 3.63) is 0 Å². The minimum absolute atomic E-state index is 0. The van der Waals surface area contributed by atoms with E-state index in [9.17, 15) is 18.3 Å². The zero-order valence-electron chi connectivity index (χ0n) is 12.8. The van der Waals surface area contributed by atoms with Gasteiger partial charge in [0.1, 0.15) is 0 Å². The zero-order chi connectivity index (χ0) is 14.6. The molecule has 0 saturated carbocycles. The van der Waals surface area contributed by atoms with Gasteiger partial charge in [-0.1, -0.05) is 58.3 Å². The smallest absolute Gasteiger partial charge is 0.549 e. The van der Waals surface area contributed by atoms with Gasteiger partial charge in [-0.3, -0.25) is 0 Å². The van der Waals surface area contributed by atoms with E-state index in [1.807, 2.05) is 4.72 Å². The van der Waals surface area contributed by atoms with Crippen LogP contribution in [0.2, 0.25) is 0 Å². The first-order valence-corrected chi connectivity index (χ1v) is 8.80. The van der Waals surface area contributed by atoms with Crippen molar-refractivity contribution in [2.45, 2.75) is 64.7 Å². The van der Waals surface area contributed by atoms with Crippen LogP contribution in [0.5, 0.6) is 0 Å². The van der Waals surface area contributed by atoms with Gasteiger partial charge in [-0.15, -0.1) is 0 Å². The summed E-state index contributed by atoms with van der Waals surface area (Å²) < 4.78 is 24.7. The van der Waals surface area contributed by atoms with Crippen LogP contribution in [0.25, 0.3) is 0 Å². The van der Waals surface area contributed by atoms with Gasteiger partial charge >= 0.3 is 51.4 Å². The Balaban J connectivity index is 0. The number of nitrogens with one attached hydrogen (secondary N) is 1. The number of carboxylic acids is 1. The first kappa shape index (κ1) is 23.3. The first-order valence-electron chi connectivity index (χ1n) is 7.15. The van der Waals surface area contributed by atoms with Gasteiger partial charge in [0.15, 0.2) is 0 Å².